The highest BCUT2D eigenvalue weighted by Gasteiger charge is 2.19. The molecule has 6 nitrogen and oxygen atoms in total. The lowest BCUT2D eigenvalue weighted by Crippen LogP contribution is -2.30. The fourth-order valence-corrected chi connectivity index (χ4v) is 7.59. The van der Waals surface area contributed by atoms with Crippen molar-refractivity contribution in [2.45, 2.75) is 252 Å². The van der Waals surface area contributed by atoms with Crippen molar-refractivity contribution in [3.63, 3.8) is 0 Å². The van der Waals surface area contributed by atoms with Crippen LogP contribution in [0.2, 0.25) is 0 Å². The van der Waals surface area contributed by atoms with E-state index in [0.717, 1.165) is 128 Å². The standard InChI is InChI=1S/C64H104O6/c1-4-7-10-13-16-19-22-25-28-30-32-34-36-39-42-45-48-51-54-57-63(66)69-60-61(59-68-62(65)56-53-50-47-44-41-38-35-27-24-21-18-15-12-9-6-3)70-64(67)58-55-52-49-46-43-40-37-33-31-29-26-23-20-17-14-11-8-5-2/h7,9-10,12,15-16,18-19,21,23-29,31,33,35,37,61H,4-6,8,11,13-14,17,20,22,30,32,34,36,38-60H2,1-3H3/b10-7-,12-9-,18-15-,19-16-,24-21-,26-23-,28-25-,31-29-,35-27-,37-33-. The number of carbonyl (C=O) groups is 3. The third kappa shape index (κ3) is 54.7. The van der Waals surface area contributed by atoms with Crippen molar-refractivity contribution in [1.29, 1.82) is 0 Å². The number of rotatable bonds is 50. The molecule has 0 radical (unpaired) electrons. The molecule has 0 bridgehead atoms. The Bertz CT molecular complexity index is 1490. The van der Waals surface area contributed by atoms with Crippen molar-refractivity contribution in [3.8, 4) is 0 Å². The minimum absolute atomic E-state index is 0.100. The molecule has 0 saturated carbocycles. The Kier molecular flexibility index (Phi) is 54.0. The van der Waals surface area contributed by atoms with Gasteiger partial charge in [0.05, 0.1) is 0 Å². The van der Waals surface area contributed by atoms with E-state index in [1.807, 2.05) is 18.2 Å². The van der Waals surface area contributed by atoms with Crippen molar-refractivity contribution < 1.29 is 28.6 Å². The molecular formula is C64H104O6. The van der Waals surface area contributed by atoms with E-state index < -0.39 is 6.10 Å². The van der Waals surface area contributed by atoms with Crippen molar-refractivity contribution in [2.24, 2.45) is 0 Å². The van der Waals surface area contributed by atoms with Crippen LogP contribution in [-0.2, 0) is 28.6 Å². The van der Waals surface area contributed by atoms with Crippen LogP contribution in [0.4, 0.5) is 0 Å². The predicted molar refractivity (Wildman–Crippen MR) is 302 cm³/mol. The van der Waals surface area contributed by atoms with E-state index in [-0.39, 0.29) is 31.1 Å². The van der Waals surface area contributed by atoms with E-state index in [0.29, 0.717) is 19.3 Å². The summed E-state index contributed by atoms with van der Waals surface area (Å²) in [5.41, 5.74) is 0. The van der Waals surface area contributed by atoms with E-state index in [1.54, 1.807) is 0 Å². The zero-order chi connectivity index (χ0) is 50.7. The van der Waals surface area contributed by atoms with Gasteiger partial charge < -0.3 is 14.2 Å². The molecule has 0 heterocycles. The van der Waals surface area contributed by atoms with Crippen molar-refractivity contribution in [1.82, 2.24) is 0 Å². The summed E-state index contributed by atoms with van der Waals surface area (Å²) in [5.74, 6) is -0.950. The summed E-state index contributed by atoms with van der Waals surface area (Å²) in [4.78, 5) is 38.2. The molecule has 0 saturated heterocycles. The van der Waals surface area contributed by atoms with Gasteiger partial charge in [0.1, 0.15) is 13.2 Å². The minimum Gasteiger partial charge on any atom is -0.462 e. The SMILES string of the molecule is CC\C=C/C=C\C=C/C=C\CCCCCCCC(=O)OCC(COC(=O)CCCCCCCCCCC/C=C\C/C=C\C/C=C\CC)OC(=O)CCCCCCC\C=C/C=C\C=C/CCCCCCC. The summed E-state index contributed by atoms with van der Waals surface area (Å²) in [5, 5.41) is 0. The maximum absolute atomic E-state index is 12.9. The van der Waals surface area contributed by atoms with E-state index in [2.05, 4.69) is 124 Å². The van der Waals surface area contributed by atoms with E-state index in [9.17, 15) is 14.4 Å². The van der Waals surface area contributed by atoms with Gasteiger partial charge in [0.15, 0.2) is 6.10 Å². The lowest BCUT2D eigenvalue weighted by atomic mass is 10.1. The average molecular weight is 970 g/mol. The van der Waals surface area contributed by atoms with Crippen LogP contribution in [0.1, 0.15) is 245 Å². The third-order valence-corrected chi connectivity index (χ3v) is 11.8. The third-order valence-electron chi connectivity index (χ3n) is 11.8. The Morgan fingerprint density at radius 3 is 1.04 bits per heavy atom. The molecular weight excluding hydrogens is 865 g/mol. The quantitative estimate of drug-likeness (QED) is 0.0199. The zero-order valence-electron chi connectivity index (χ0n) is 45.2. The summed E-state index contributed by atoms with van der Waals surface area (Å²) in [6.07, 6.45) is 78.9. The smallest absolute Gasteiger partial charge is 0.306 e. The summed E-state index contributed by atoms with van der Waals surface area (Å²) in [6, 6.07) is 0. The normalized spacial score (nSPS) is 13.0. The molecule has 0 aliphatic heterocycles. The molecule has 0 fully saturated rings. The molecule has 0 rings (SSSR count). The first-order chi connectivity index (χ1) is 34.5. The Morgan fingerprint density at radius 1 is 0.314 bits per heavy atom. The van der Waals surface area contributed by atoms with Crippen LogP contribution in [0.15, 0.2) is 122 Å². The highest BCUT2D eigenvalue weighted by Crippen LogP contribution is 2.14. The Hall–Kier alpha value is -4.19. The zero-order valence-corrected chi connectivity index (χ0v) is 45.2. The van der Waals surface area contributed by atoms with Crippen molar-refractivity contribution in [3.05, 3.63) is 122 Å². The maximum atomic E-state index is 12.9. The van der Waals surface area contributed by atoms with Crippen LogP contribution in [0.25, 0.3) is 0 Å². The lowest BCUT2D eigenvalue weighted by molar-refractivity contribution is -0.167. The highest BCUT2D eigenvalue weighted by atomic mass is 16.6. The topological polar surface area (TPSA) is 78.9 Å². The molecule has 0 aliphatic rings. The Morgan fingerprint density at radius 2 is 0.629 bits per heavy atom. The predicted octanol–water partition coefficient (Wildman–Crippen LogP) is 19.3. The molecule has 0 spiro atoms. The second kappa shape index (κ2) is 57.4. The number of esters is 3. The molecule has 0 amide bonds. The van der Waals surface area contributed by atoms with Gasteiger partial charge in [-0.2, -0.15) is 0 Å². The lowest BCUT2D eigenvalue weighted by Gasteiger charge is -2.18. The Labute approximate surface area is 431 Å². The molecule has 0 aromatic carbocycles. The van der Waals surface area contributed by atoms with Gasteiger partial charge in [-0.1, -0.05) is 251 Å². The molecule has 1 atom stereocenters. The van der Waals surface area contributed by atoms with Crippen LogP contribution in [-0.4, -0.2) is 37.2 Å². The van der Waals surface area contributed by atoms with E-state index >= 15 is 0 Å². The van der Waals surface area contributed by atoms with Gasteiger partial charge in [-0.15, -0.1) is 0 Å². The first kappa shape index (κ1) is 65.8. The van der Waals surface area contributed by atoms with Gasteiger partial charge in [-0.3, -0.25) is 14.4 Å². The first-order valence-electron chi connectivity index (χ1n) is 28.6. The van der Waals surface area contributed by atoms with Crippen LogP contribution in [0.5, 0.6) is 0 Å². The summed E-state index contributed by atoms with van der Waals surface area (Å²) < 4.78 is 16.8. The molecule has 396 valence electrons. The van der Waals surface area contributed by atoms with Crippen LogP contribution in [0.3, 0.4) is 0 Å². The largest absolute Gasteiger partial charge is 0.462 e. The van der Waals surface area contributed by atoms with Gasteiger partial charge in [-0.25, -0.2) is 0 Å². The molecule has 0 aromatic rings. The second-order valence-corrected chi connectivity index (χ2v) is 18.6. The number of carbonyl (C=O) groups excluding carboxylic acids is 3. The molecule has 0 N–H and O–H groups in total. The van der Waals surface area contributed by atoms with Gasteiger partial charge in [-0.05, 0) is 96.3 Å². The minimum atomic E-state index is -0.805. The van der Waals surface area contributed by atoms with Gasteiger partial charge in [0, 0.05) is 19.3 Å². The Balaban J connectivity index is 4.48. The first-order valence-corrected chi connectivity index (χ1v) is 28.6. The van der Waals surface area contributed by atoms with Crippen LogP contribution >= 0.6 is 0 Å². The number of unbranched alkanes of at least 4 members (excludes halogenated alkanes) is 24. The molecule has 70 heavy (non-hydrogen) atoms. The van der Waals surface area contributed by atoms with Gasteiger partial charge in [0.25, 0.3) is 0 Å². The second-order valence-electron chi connectivity index (χ2n) is 18.6. The van der Waals surface area contributed by atoms with E-state index in [4.69, 9.17) is 14.2 Å². The number of hydrogen-bond acceptors (Lipinski definition) is 6. The highest BCUT2D eigenvalue weighted by molar-refractivity contribution is 5.71. The molecule has 1 unspecified atom stereocenters. The fourth-order valence-electron chi connectivity index (χ4n) is 7.59. The number of ether oxygens (including phenoxy) is 3. The summed E-state index contributed by atoms with van der Waals surface area (Å²) >= 11 is 0. The van der Waals surface area contributed by atoms with Crippen LogP contribution < -0.4 is 0 Å². The maximum Gasteiger partial charge on any atom is 0.306 e. The summed E-state index contributed by atoms with van der Waals surface area (Å²) in [7, 11) is 0. The van der Waals surface area contributed by atoms with Gasteiger partial charge >= 0.3 is 17.9 Å². The monoisotopic (exact) mass is 969 g/mol. The van der Waals surface area contributed by atoms with Crippen molar-refractivity contribution >= 4 is 17.9 Å². The van der Waals surface area contributed by atoms with E-state index in [1.165, 1.54) is 77.0 Å². The average Bonchev–Trinajstić information content (AvgIpc) is 3.36. The van der Waals surface area contributed by atoms with Gasteiger partial charge in [0.2, 0.25) is 0 Å². The van der Waals surface area contributed by atoms with Crippen molar-refractivity contribution in [2.75, 3.05) is 13.2 Å². The molecule has 0 aromatic heterocycles. The summed E-state index contributed by atoms with van der Waals surface area (Å²) in [6.45, 7) is 6.33. The number of allylic oxidation sites excluding steroid dienone is 20. The molecule has 6 heteroatoms. The fraction of sp³-hybridized carbons (Fsp3) is 0.641. The van der Waals surface area contributed by atoms with Crippen LogP contribution in [0, 0.1) is 0 Å². The number of hydrogen-bond donors (Lipinski definition) is 0. The molecule has 0 aliphatic carbocycles.